The molecule has 1 fully saturated rings. The van der Waals surface area contributed by atoms with Crippen molar-refractivity contribution >= 4 is 20.4 Å². The van der Waals surface area contributed by atoms with Gasteiger partial charge in [0.05, 0.1) is 19.3 Å². The van der Waals surface area contributed by atoms with Crippen LogP contribution < -0.4 is 5.19 Å². The van der Waals surface area contributed by atoms with Crippen molar-refractivity contribution in [1.29, 1.82) is 0 Å². The van der Waals surface area contributed by atoms with Crippen molar-refractivity contribution < 1.29 is 9.31 Å². The van der Waals surface area contributed by atoms with Crippen LogP contribution in [-0.2, 0) is 15.7 Å². The van der Waals surface area contributed by atoms with Gasteiger partial charge in [0.25, 0.3) is 0 Å². The minimum Gasteiger partial charge on any atom is -0.400 e. The van der Waals surface area contributed by atoms with Gasteiger partial charge >= 0.3 is 7.12 Å². The Morgan fingerprint density at radius 3 is 1.93 bits per heavy atom. The van der Waals surface area contributed by atoms with Crippen molar-refractivity contribution in [3.8, 4) is 0 Å². The standard InChI is InChI=1S/C25H35BO2Si/c1-24(2)25(3,4)28-26(27-24)22(17-13-16-21-14-9-7-10-15-21)20-29(5,6)23-18-11-8-12-19-23/h7-12,14-15,17-19H,13,16,20H2,1-6H3/b22-17+. The summed E-state index contributed by atoms with van der Waals surface area (Å²) in [4.78, 5) is 0. The van der Waals surface area contributed by atoms with Gasteiger partial charge in [0.1, 0.15) is 0 Å². The van der Waals surface area contributed by atoms with Crippen LogP contribution in [0.4, 0.5) is 0 Å². The Hall–Kier alpha value is -1.62. The van der Waals surface area contributed by atoms with Crippen LogP contribution in [0.3, 0.4) is 0 Å². The van der Waals surface area contributed by atoms with E-state index in [0.717, 1.165) is 18.9 Å². The van der Waals surface area contributed by atoms with Gasteiger partial charge in [-0.25, -0.2) is 0 Å². The van der Waals surface area contributed by atoms with E-state index in [-0.39, 0.29) is 18.3 Å². The van der Waals surface area contributed by atoms with Gasteiger partial charge in [-0.1, -0.05) is 85.0 Å². The van der Waals surface area contributed by atoms with E-state index in [4.69, 9.17) is 9.31 Å². The molecule has 0 N–H and O–H groups in total. The van der Waals surface area contributed by atoms with Crippen LogP contribution in [0.1, 0.15) is 39.7 Å². The molecule has 4 heteroatoms. The molecule has 2 nitrogen and oxygen atoms in total. The number of allylic oxidation sites excluding steroid dienone is 2. The molecule has 1 aliphatic heterocycles. The van der Waals surface area contributed by atoms with Crippen molar-refractivity contribution in [1.82, 2.24) is 0 Å². The first-order chi connectivity index (χ1) is 13.6. The molecule has 1 heterocycles. The van der Waals surface area contributed by atoms with E-state index >= 15 is 0 Å². The van der Waals surface area contributed by atoms with E-state index in [1.807, 2.05) is 0 Å². The highest BCUT2D eigenvalue weighted by Gasteiger charge is 2.52. The summed E-state index contributed by atoms with van der Waals surface area (Å²) in [6.07, 6.45) is 4.42. The van der Waals surface area contributed by atoms with Gasteiger partial charge in [-0.2, -0.15) is 0 Å². The number of aryl methyl sites for hydroxylation is 1. The molecule has 2 aromatic carbocycles. The fourth-order valence-corrected chi connectivity index (χ4v) is 6.45. The van der Waals surface area contributed by atoms with Crippen LogP contribution in [0, 0.1) is 0 Å². The highest BCUT2D eigenvalue weighted by Crippen LogP contribution is 2.40. The summed E-state index contributed by atoms with van der Waals surface area (Å²) < 4.78 is 12.9. The van der Waals surface area contributed by atoms with Crippen LogP contribution in [-0.4, -0.2) is 26.4 Å². The van der Waals surface area contributed by atoms with Crippen LogP contribution in [0.15, 0.2) is 72.2 Å². The van der Waals surface area contributed by atoms with E-state index in [1.54, 1.807) is 0 Å². The van der Waals surface area contributed by atoms with Crippen molar-refractivity contribution in [2.45, 2.75) is 70.9 Å². The third kappa shape index (κ3) is 5.30. The molecule has 0 bridgehead atoms. The molecule has 3 rings (SSSR count). The molecule has 1 saturated heterocycles. The summed E-state index contributed by atoms with van der Waals surface area (Å²) in [7, 11) is -1.92. The maximum atomic E-state index is 6.44. The van der Waals surface area contributed by atoms with E-state index in [0.29, 0.717) is 0 Å². The minimum absolute atomic E-state index is 0.258. The monoisotopic (exact) mass is 406 g/mol. The lowest BCUT2D eigenvalue weighted by Gasteiger charge is -2.32. The van der Waals surface area contributed by atoms with Gasteiger partial charge in [-0.15, -0.1) is 0 Å². The Morgan fingerprint density at radius 1 is 0.862 bits per heavy atom. The summed E-state index contributed by atoms with van der Waals surface area (Å²) in [6.45, 7) is 13.4. The lowest BCUT2D eigenvalue weighted by molar-refractivity contribution is 0.00578. The maximum absolute atomic E-state index is 6.44. The zero-order valence-corrected chi connectivity index (χ0v) is 19.9. The van der Waals surface area contributed by atoms with Gasteiger partial charge in [0.2, 0.25) is 0 Å². The molecule has 0 unspecified atom stereocenters. The molecule has 0 amide bonds. The number of rotatable bonds is 7. The Kier molecular flexibility index (Phi) is 6.57. The molecular formula is C25H35BO2Si. The fourth-order valence-electron chi connectivity index (χ4n) is 3.82. The van der Waals surface area contributed by atoms with E-state index < -0.39 is 8.07 Å². The summed E-state index contributed by atoms with van der Waals surface area (Å²) in [5.41, 5.74) is 2.06. The topological polar surface area (TPSA) is 18.5 Å². The third-order valence-corrected chi connectivity index (χ3v) is 9.63. The predicted octanol–water partition coefficient (Wildman–Crippen LogP) is 5.79. The molecule has 0 atom stereocenters. The largest absolute Gasteiger partial charge is 0.489 e. The van der Waals surface area contributed by atoms with Gasteiger partial charge in [0.15, 0.2) is 0 Å². The first-order valence-corrected chi connectivity index (χ1v) is 14.0. The lowest BCUT2D eigenvalue weighted by Crippen LogP contribution is -2.43. The number of hydrogen-bond donors (Lipinski definition) is 0. The van der Waals surface area contributed by atoms with Crippen LogP contribution >= 0.6 is 0 Å². The van der Waals surface area contributed by atoms with Crippen LogP contribution in [0.25, 0.3) is 0 Å². The first-order valence-electron chi connectivity index (χ1n) is 10.7. The normalized spacial score (nSPS) is 18.8. The fraction of sp³-hybridized carbons (Fsp3) is 0.440. The number of hydrogen-bond acceptors (Lipinski definition) is 2. The van der Waals surface area contributed by atoms with Crippen molar-refractivity contribution in [3.63, 3.8) is 0 Å². The van der Waals surface area contributed by atoms with Gasteiger partial charge < -0.3 is 9.31 Å². The molecule has 0 aromatic heterocycles. The van der Waals surface area contributed by atoms with E-state index in [2.05, 4.69) is 108 Å². The molecule has 0 saturated carbocycles. The second-order valence-electron chi connectivity index (χ2n) is 9.82. The van der Waals surface area contributed by atoms with Gasteiger partial charge in [-0.3, -0.25) is 0 Å². The summed E-state index contributed by atoms with van der Waals surface area (Å²) in [5.74, 6) is 0. The highest BCUT2D eigenvalue weighted by molar-refractivity contribution is 6.91. The summed E-state index contributed by atoms with van der Waals surface area (Å²) >= 11 is 0. The highest BCUT2D eigenvalue weighted by atomic mass is 28.3. The smallest absolute Gasteiger partial charge is 0.400 e. The first kappa shape index (κ1) is 22.1. The average molecular weight is 406 g/mol. The minimum atomic E-state index is -1.66. The van der Waals surface area contributed by atoms with Crippen LogP contribution in [0.2, 0.25) is 19.1 Å². The average Bonchev–Trinajstić information content (AvgIpc) is 2.90. The van der Waals surface area contributed by atoms with Gasteiger partial charge in [-0.05, 0) is 57.6 Å². The predicted molar refractivity (Wildman–Crippen MR) is 127 cm³/mol. The Balaban J connectivity index is 1.82. The van der Waals surface area contributed by atoms with Gasteiger partial charge in [0, 0.05) is 0 Å². The van der Waals surface area contributed by atoms with Crippen molar-refractivity contribution in [2.75, 3.05) is 0 Å². The molecule has 154 valence electrons. The Morgan fingerprint density at radius 2 is 1.38 bits per heavy atom. The molecule has 1 aliphatic rings. The van der Waals surface area contributed by atoms with Crippen molar-refractivity contribution in [2.24, 2.45) is 0 Å². The lowest BCUT2D eigenvalue weighted by atomic mass is 9.78. The van der Waals surface area contributed by atoms with E-state index in [1.165, 1.54) is 16.2 Å². The van der Waals surface area contributed by atoms with E-state index in [9.17, 15) is 0 Å². The SMILES string of the molecule is CC1(C)OB(/C(=C/CCc2ccccc2)C[Si](C)(C)c2ccccc2)OC1(C)C. The second kappa shape index (κ2) is 8.63. The quantitative estimate of drug-likeness (QED) is 0.542. The van der Waals surface area contributed by atoms with Crippen LogP contribution in [0.5, 0.6) is 0 Å². The maximum Gasteiger partial charge on any atom is 0.489 e. The zero-order valence-electron chi connectivity index (χ0n) is 18.9. The third-order valence-electron chi connectivity index (χ3n) is 6.44. The number of benzene rings is 2. The molecule has 0 aliphatic carbocycles. The molecule has 0 radical (unpaired) electrons. The molecule has 0 spiro atoms. The molecule has 29 heavy (non-hydrogen) atoms. The molecular weight excluding hydrogens is 371 g/mol. The zero-order chi connectivity index (χ0) is 21.1. The van der Waals surface area contributed by atoms with Crippen molar-refractivity contribution in [3.05, 3.63) is 77.8 Å². The Bertz CT molecular complexity index is 812. The second-order valence-corrected chi connectivity index (χ2v) is 14.5. The molecule has 2 aromatic rings. The summed E-state index contributed by atoms with van der Waals surface area (Å²) in [6, 6.07) is 22.7. The summed E-state index contributed by atoms with van der Waals surface area (Å²) in [5, 5.41) is 1.48. The Labute approximate surface area is 178 Å².